The summed E-state index contributed by atoms with van der Waals surface area (Å²) in [6, 6.07) is 14.0. The van der Waals surface area contributed by atoms with E-state index < -0.39 is 6.09 Å². The monoisotopic (exact) mass is 291 g/mol. The number of hydrogen-bond acceptors (Lipinski definition) is 3. The zero-order valence-corrected chi connectivity index (χ0v) is 11.4. The Morgan fingerprint density at radius 1 is 1.20 bits per heavy atom. The molecule has 0 bridgehead atoms. The van der Waals surface area contributed by atoms with Gasteiger partial charge in [0.05, 0.1) is 0 Å². The molecule has 2 aromatic rings. The summed E-state index contributed by atoms with van der Waals surface area (Å²) in [6.07, 6.45) is -0.534. The second kappa shape index (κ2) is 6.82. The lowest BCUT2D eigenvalue weighted by Gasteiger charge is -2.08. The van der Waals surface area contributed by atoms with E-state index in [0.29, 0.717) is 10.6 Å². The van der Waals surface area contributed by atoms with E-state index in [2.05, 4.69) is 5.32 Å². The van der Waals surface area contributed by atoms with Crippen LogP contribution in [-0.2, 0) is 17.9 Å². The SMILES string of the molecule is O=C(NCc1cc(O)ccc1Cl)OCc1ccccc1. The number of rotatable bonds is 4. The summed E-state index contributed by atoms with van der Waals surface area (Å²) < 4.78 is 5.06. The van der Waals surface area contributed by atoms with Crippen molar-refractivity contribution in [2.45, 2.75) is 13.2 Å². The average molecular weight is 292 g/mol. The predicted octanol–water partition coefficient (Wildman–Crippen LogP) is 3.47. The summed E-state index contributed by atoms with van der Waals surface area (Å²) in [5.74, 6) is 0.101. The number of carbonyl (C=O) groups excluding carboxylic acids is 1. The molecule has 0 saturated heterocycles. The van der Waals surface area contributed by atoms with Gasteiger partial charge in [0.2, 0.25) is 0 Å². The molecule has 0 aliphatic rings. The maximum absolute atomic E-state index is 11.5. The van der Waals surface area contributed by atoms with Crippen molar-refractivity contribution < 1.29 is 14.6 Å². The van der Waals surface area contributed by atoms with Crippen LogP contribution in [-0.4, -0.2) is 11.2 Å². The number of alkyl carbamates (subject to hydrolysis) is 1. The quantitative estimate of drug-likeness (QED) is 0.907. The second-order valence-electron chi connectivity index (χ2n) is 4.19. The number of phenolic OH excluding ortho intramolecular Hbond substituents is 1. The smallest absolute Gasteiger partial charge is 0.407 e. The molecule has 20 heavy (non-hydrogen) atoms. The maximum atomic E-state index is 11.5. The Kier molecular flexibility index (Phi) is 4.85. The minimum absolute atomic E-state index is 0.101. The summed E-state index contributed by atoms with van der Waals surface area (Å²) in [4.78, 5) is 11.5. The zero-order valence-electron chi connectivity index (χ0n) is 10.7. The van der Waals surface area contributed by atoms with Crippen LogP contribution >= 0.6 is 11.6 Å². The first-order valence-electron chi connectivity index (χ1n) is 6.07. The molecule has 0 saturated carbocycles. The number of carbonyl (C=O) groups is 1. The molecule has 4 nitrogen and oxygen atoms in total. The Balaban J connectivity index is 1.82. The first-order chi connectivity index (χ1) is 9.65. The summed E-state index contributed by atoms with van der Waals surface area (Å²) in [5, 5.41) is 12.4. The van der Waals surface area contributed by atoms with Gasteiger partial charge >= 0.3 is 6.09 Å². The molecule has 2 aromatic carbocycles. The first kappa shape index (κ1) is 14.2. The van der Waals surface area contributed by atoms with Crippen molar-refractivity contribution in [3.63, 3.8) is 0 Å². The lowest BCUT2D eigenvalue weighted by Crippen LogP contribution is -2.23. The van der Waals surface area contributed by atoms with Crippen LogP contribution in [0.2, 0.25) is 5.02 Å². The minimum atomic E-state index is -0.534. The highest BCUT2D eigenvalue weighted by molar-refractivity contribution is 6.31. The Bertz CT molecular complexity index is 587. The third-order valence-corrected chi connectivity index (χ3v) is 3.03. The molecule has 2 N–H and O–H groups in total. The van der Waals surface area contributed by atoms with Gasteiger partial charge in [0.25, 0.3) is 0 Å². The van der Waals surface area contributed by atoms with Gasteiger partial charge in [0.15, 0.2) is 0 Å². The standard InChI is InChI=1S/C15H14ClNO3/c16-14-7-6-13(18)8-12(14)9-17-15(19)20-10-11-4-2-1-3-5-11/h1-8,18H,9-10H2,(H,17,19). The van der Waals surface area contributed by atoms with Gasteiger partial charge in [0, 0.05) is 11.6 Å². The van der Waals surface area contributed by atoms with Gasteiger partial charge in [-0.05, 0) is 29.3 Å². The van der Waals surface area contributed by atoms with Gasteiger partial charge in [-0.25, -0.2) is 4.79 Å². The first-order valence-corrected chi connectivity index (χ1v) is 6.45. The number of benzene rings is 2. The molecule has 0 aliphatic carbocycles. The fraction of sp³-hybridized carbons (Fsp3) is 0.133. The molecule has 0 atom stereocenters. The Labute approximate surface area is 122 Å². The summed E-state index contributed by atoms with van der Waals surface area (Å²) in [7, 11) is 0. The van der Waals surface area contributed by atoms with Crippen LogP contribution in [0.15, 0.2) is 48.5 Å². The fourth-order valence-electron chi connectivity index (χ4n) is 1.64. The number of ether oxygens (including phenoxy) is 1. The van der Waals surface area contributed by atoms with Gasteiger partial charge < -0.3 is 15.2 Å². The van der Waals surface area contributed by atoms with Crippen molar-refractivity contribution in [3.05, 3.63) is 64.7 Å². The lowest BCUT2D eigenvalue weighted by molar-refractivity contribution is 0.139. The van der Waals surface area contributed by atoms with E-state index >= 15 is 0 Å². The molecule has 0 radical (unpaired) electrons. The van der Waals surface area contributed by atoms with Crippen molar-refractivity contribution in [1.29, 1.82) is 0 Å². The largest absolute Gasteiger partial charge is 0.508 e. The third kappa shape index (κ3) is 4.17. The van der Waals surface area contributed by atoms with Gasteiger partial charge in [-0.2, -0.15) is 0 Å². The topological polar surface area (TPSA) is 58.6 Å². The van der Waals surface area contributed by atoms with Crippen LogP contribution < -0.4 is 5.32 Å². The number of amides is 1. The second-order valence-corrected chi connectivity index (χ2v) is 4.60. The highest BCUT2D eigenvalue weighted by Crippen LogP contribution is 2.20. The van der Waals surface area contributed by atoms with Crippen LogP contribution in [0.1, 0.15) is 11.1 Å². The molecular weight excluding hydrogens is 278 g/mol. The van der Waals surface area contributed by atoms with Gasteiger partial charge in [-0.3, -0.25) is 0 Å². The van der Waals surface area contributed by atoms with E-state index in [1.807, 2.05) is 30.3 Å². The van der Waals surface area contributed by atoms with E-state index in [-0.39, 0.29) is 18.9 Å². The molecule has 0 unspecified atom stereocenters. The molecule has 2 rings (SSSR count). The van der Waals surface area contributed by atoms with Crippen LogP contribution in [0.3, 0.4) is 0 Å². The summed E-state index contributed by atoms with van der Waals surface area (Å²) in [6.45, 7) is 0.404. The Hall–Kier alpha value is -2.20. The minimum Gasteiger partial charge on any atom is -0.508 e. The molecule has 0 aromatic heterocycles. The third-order valence-electron chi connectivity index (χ3n) is 2.67. The molecule has 5 heteroatoms. The summed E-state index contributed by atoms with van der Waals surface area (Å²) >= 11 is 5.95. The van der Waals surface area contributed by atoms with Crippen molar-refractivity contribution in [2.24, 2.45) is 0 Å². The van der Waals surface area contributed by atoms with E-state index in [9.17, 15) is 9.90 Å². The summed E-state index contributed by atoms with van der Waals surface area (Å²) in [5.41, 5.74) is 1.54. The van der Waals surface area contributed by atoms with Crippen LogP contribution in [0.4, 0.5) is 4.79 Å². The maximum Gasteiger partial charge on any atom is 0.407 e. The average Bonchev–Trinajstić information content (AvgIpc) is 2.47. The number of hydrogen-bond donors (Lipinski definition) is 2. The van der Waals surface area contributed by atoms with E-state index in [1.165, 1.54) is 12.1 Å². The predicted molar refractivity (Wildman–Crippen MR) is 76.6 cm³/mol. The van der Waals surface area contributed by atoms with Crippen molar-refractivity contribution in [1.82, 2.24) is 5.32 Å². The van der Waals surface area contributed by atoms with Gasteiger partial charge in [-0.15, -0.1) is 0 Å². The molecule has 0 fully saturated rings. The van der Waals surface area contributed by atoms with Crippen LogP contribution in [0.25, 0.3) is 0 Å². The number of phenols is 1. The number of nitrogens with one attached hydrogen (secondary N) is 1. The van der Waals surface area contributed by atoms with E-state index in [4.69, 9.17) is 16.3 Å². The van der Waals surface area contributed by atoms with Crippen molar-refractivity contribution in [2.75, 3.05) is 0 Å². The number of halogens is 1. The normalized spacial score (nSPS) is 10.1. The molecule has 0 heterocycles. The molecule has 0 spiro atoms. The van der Waals surface area contributed by atoms with Crippen LogP contribution in [0, 0.1) is 0 Å². The van der Waals surface area contributed by atoms with Crippen molar-refractivity contribution >= 4 is 17.7 Å². The number of aromatic hydroxyl groups is 1. The molecule has 0 aliphatic heterocycles. The molecular formula is C15H14ClNO3. The highest BCUT2D eigenvalue weighted by Gasteiger charge is 2.06. The lowest BCUT2D eigenvalue weighted by atomic mass is 10.2. The van der Waals surface area contributed by atoms with Gasteiger partial charge in [-0.1, -0.05) is 41.9 Å². The Morgan fingerprint density at radius 2 is 1.95 bits per heavy atom. The molecule has 104 valence electrons. The fourth-order valence-corrected chi connectivity index (χ4v) is 1.82. The zero-order chi connectivity index (χ0) is 14.4. The van der Waals surface area contributed by atoms with E-state index in [0.717, 1.165) is 5.56 Å². The van der Waals surface area contributed by atoms with E-state index in [1.54, 1.807) is 6.07 Å². The van der Waals surface area contributed by atoms with Gasteiger partial charge in [0.1, 0.15) is 12.4 Å². The molecule has 1 amide bonds. The van der Waals surface area contributed by atoms with Crippen LogP contribution in [0.5, 0.6) is 5.75 Å². The van der Waals surface area contributed by atoms with Crippen molar-refractivity contribution in [3.8, 4) is 5.75 Å². The highest BCUT2D eigenvalue weighted by atomic mass is 35.5. The Morgan fingerprint density at radius 3 is 2.70 bits per heavy atom.